The number of nitrogens with one attached hydrogen (secondary N) is 1. The summed E-state index contributed by atoms with van der Waals surface area (Å²) in [4.78, 5) is 3.98. The molecule has 0 aliphatic heterocycles. The number of guanidine groups is 1. The summed E-state index contributed by atoms with van der Waals surface area (Å²) in [5.41, 5.74) is 6.64. The van der Waals surface area contributed by atoms with Crippen molar-refractivity contribution in [2.75, 3.05) is 11.9 Å². The van der Waals surface area contributed by atoms with E-state index in [1.54, 1.807) is 24.3 Å². The summed E-state index contributed by atoms with van der Waals surface area (Å²) in [6.45, 7) is -0.0299. The SMILES string of the molecule is I.NC(=NCC(O)c1ccccc1Cl)Nc1ccc(OC(F)(F)F)cc1. The van der Waals surface area contributed by atoms with Gasteiger partial charge in [0.05, 0.1) is 6.54 Å². The summed E-state index contributed by atoms with van der Waals surface area (Å²) in [7, 11) is 0. The van der Waals surface area contributed by atoms with Crippen molar-refractivity contribution in [3.8, 4) is 5.75 Å². The molecule has 0 amide bonds. The van der Waals surface area contributed by atoms with E-state index in [0.717, 1.165) is 12.1 Å². The molecule has 2 aromatic rings. The molecule has 0 bridgehead atoms. The molecule has 1 atom stereocenters. The van der Waals surface area contributed by atoms with Gasteiger partial charge in [0.1, 0.15) is 11.9 Å². The third-order valence-electron chi connectivity index (χ3n) is 3.06. The lowest BCUT2D eigenvalue weighted by atomic mass is 10.1. The largest absolute Gasteiger partial charge is 0.573 e. The molecule has 0 aromatic heterocycles. The summed E-state index contributed by atoms with van der Waals surface area (Å²) in [5, 5.41) is 13.2. The van der Waals surface area contributed by atoms with Crippen LogP contribution in [0.3, 0.4) is 0 Å². The molecular weight excluding hydrogens is 486 g/mol. The van der Waals surface area contributed by atoms with E-state index in [9.17, 15) is 18.3 Å². The molecular formula is C16H16ClF3IN3O2. The van der Waals surface area contributed by atoms with Crippen LogP contribution in [-0.2, 0) is 0 Å². The van der Waals surface area contributed by atoms with E-state index in [0.29, 0.717) is 16.3 Å². The Kier molecular flexibility index (Phi) is 8.44. The molecule has 0 saturated carbocycles. The molecule has 5 nitrogen and oxygen atoms in total. The zero-order valence-corrected chi connectivity index (χ0v) is 16.3. The molecule has 0 fully saturated rings. The van der Waals surface area contributed by atoms with Crippen molar-refractivity contribution in [2.45, 2.75) is 12.5 Å². The van der Waals surface area contributed by atoms with E-state index in [2.05, 4.69) is 15.0 Å². The zero-order chi connectivity index (χ0) is 18.4. The summed E-state index contributed by atoms with van der Waals surface area (Å²) in [5.74, 6) is -0.349. The van der Waals surface area contributed by atoms with E-state index in [4.69, 9.17) is 17.3 Å². The Morgan fingerprint density at radius 3 is 2.38 bits per heavy atom. The highest BCUT2D eigenvalue weighted by atomic mass is 127. The fourth-order valence-corrected chi connectivity index (χ4v) is 2.22. The average molecular weight is 502 g/mol. The van der Waals surface area contributed by atoms with E-state index < -0.39 is 12.5 Å². The number of hydrogen-bond acceptors (Lipinski definition) is 3. The monoisotopic (exact) mass is 501 g/mol. The van der Waals surface area contributed by atoms with Gasteiger partial charge < -0.3 is 20.9 Å². The minimum atomic E-state index is -4.75. The maximum Gasteiger partial charge on any atom is 0.573 e. The predicted octanol–water partition coefficient (Wildman–Crippen LogP) is 4.32. The molecule has 0 saturated heterocycles. The van der Waals surface area contributed by atoms with Crippen molar-refractivity contribution in [3.63, 3.8) is 0 Å². The highest BCUT2D eigenvalue weighted by Gasteiger charge is 2.30. The lowest BCUT2D eigenvalue weighted by Gasteiger charge is -2.12. The van der Waals surface area contributed by atoms with Crippen molar-refractivity contribution in [1.29, 1.82) is 0 Å². The Bertz CT molecular complexity index is 742. The van der Waals surface area contributed by atoms with Crippen LogP contribution in [0.25, 0.3) is 0 Å². The number of alkyl halides is 3. The van der Waals surface area contributed by atoms with Crippen molar-refractivity contribution in [2.24, 2.45) is 10.7 Å². The van der Waals surface area contributed by atoms with Crippen LogP contribution in [0.5, 0.6) is 5.75 Å². The van der Waals surface area contributed by atoms with E-state index in [-0.39, 0.29) is 42.2 Å². The molecule has 0 aliphatic carbocycles. The second-order valence-electron chi connectivity index (χ2n) is 4.96. The first-order valence-corrected chi connectivity index (χ1v) is 7.47. The number of nitrogens with zero attached hydrogens (tertiary/aromatic N) is 1. The molecule has 0 heterocycles. The van der Waals surface area contributed by atoms with Gasteiger partial charge in [-0.3, -0.25) is 4.99 Å². The predicted molar refractivity (Wildman–Crippen MR) is 105 cm³/mol. The van der Waals surface area contributed by atoms with Gasteiger partial charge in [-0.1, -0.05) is 29.8 Å². The number of nitrogens with two attached hydrogens (primary N) is 1. The van der Waals surface area contributed by atoms with Crippen LogP contribution in [0.2, 0.25) is 5.02 Å². The smallest absolute Gasteiger partial charge is 0.406 e. The topological polar surface area (TPSA) is 79.9 Å². The molecule has 2 aromatic carbocycles. The lowest BCUT2D eigenvalue weighted by molar-refractivity contribution is -0.274. The van der Waals surface area contributed by atoms with Crippen LogP contribution < -0.4 is 15.8 Å². The van der Waals surface area contributed by atoms with Gasteiger partial charge >= 0.3 is 6.36 Å². The van der Waals surface area contributed by atoms with Gasteiger partial charge in [0.25, 0.3) is 0 Å². The third kappa shape index (κ3) is 7.26. The van der Waals surface area contributed by atoms with Crippen LogP contribution in [0.1, 0.15) is 11.7 Å². The molecule has 0 spiro atoms. The Labute approximate surface area is 170 Å². The van der Waals surface area contributed by atoms with Crippen LogP contribution >= 0.6 is 35.6 Å². The van der Waals surface area contributed by atoms with Crippen LogP contribution in [0, 0.1) is 0 Å². The number of aliphatic imine (C=N–C) groups is 1. The van der Waals surface area contributed by atoms with E-state index >= 15 is 0 Å². The first-order chi connectivity index (χ1) is 11.7. The van der Waals surface area contributed by atoms with Crippen LogP contribution in [0.15, 0.2) is 53.5 Å². The maximum absolute atomic E-state index is 12.1. The molecule has 10 heteroatoms. The second kappa shape index (κ2) is 9.83. The number of benzene rings is 2. The first kappa shape index (κ1) is 22.3. The van der Waals surface area contributed by atoms with Crippen molar-refractivity contribution in [1.82, 2.24) is 0 Å². The second-order valence-corrected chi connectivity index (χ2v) is 5.37. The van der Waals surface area contributed by atoms with Crippen molar-refractivity contribution in [3.05, 3.63) is 59.1 Å². The molecule has 0 radical (unpaired) electrons. The first-order valence-electron chi connectivity index (χ1n) is 7.10. The van der Waals surface area contributed by atoms with Gasteiger partial charge in [-0.25, -0.2) is 0 Å². The van der Waals surface area contributed by atoms with Crippen molar-refractivity contribution >= 4 is 47.2 Å². The molecule has 1 unspecified atom stereocenters. The molecule has 2 rings (SSSR count). The van der Waals surface area contributed by atoms with Crippen molar-refractivity contribution < 1.29 is 23.0 Å². The summed E-state index contributed by atoms with van der Waals surface area (Å²) >= 11 is 5.98. The van der Waals surface area contributed by atoms with Gasteiger partial charge in [0.2, 0.25) is 0 Å². The lowest BCUT2D eigenvalue weighted by Crippen LogP contribution is -2.23. The summed E-state index contributed by atoms with van der Waals surface area (Å²) in [6, 6.07) is 11.8. The fourth-order valence-electron chi connectivity index (χ4n) is 1.96. The number of halogens is 5. The molecule has 0 aliphatic rings. The molecule has 142 valence electrons. The normalized spacial score (nSPS) is 12.9. The summed E-state index contributed by atoms with van der Waals surface area (Å²) in [6.07, 6.45) is -5.68. The maximum atomic E-state index is 12.1. The number of ether oxygens (including phenoxy) is 1. The van der Waals surface area contributed by atoms with E-state index in [1.165, 1.54) is 12.1 Å². The van der Waals surface area contributed by atoms with E-state index in [1.807, 2.05) is 0 Å². The minimum absolute atomic E-state index is 0. The van der Waals surface area contributed by atoms with Gasteiger partial charge in [-0.15, -0.1) is 37.1 Å². The van der Waals surface area contributed by atoms with Gasteiger partial charge in [0.15, 0.2) is 5.96 Å². The average Bonchev–Trinajstić information content (AvgIpc) is 2.53. The highest BCUT2D eigenvalue weighted by Crippen LogP contribution is 2.24. The Hall–Kier alpha value is -1.72. The highest BCUT2D eigenvalue weighted by molar-refractivity contribution is 14.0. The van der Waals surface area contributed by atoms with Gasteiger partial charge in [-0.05, 0) is 30.3 Å². The Morgan fingerprint density at radius 2 is 1.81 bits per heavy atom. The number of anilines is 1. The Balaban J connectivity index is 0.00000338. The Morgan fingerprint density at radius 1 is 1.19 bits per heavy atom. The number of rotatable bonds is 5. The number of aliphatic hydroxyl groups excluding tert-OH is 1. The van der Waals surface area contributed by atoms with Crippen LogP contribution in [-0.4, -0.2) is 24.0 Å². The number of aliphatic hydroxyl groups is 1. The van der Waals surface area contributed by atoms with Gasteiger partial charge in [0, 0.05) is 16.3 Å². The molecule has 26 heavy (non-hydrogen) atoms. The molecule has 4 N–H and O–H groups in total. The standard InChI is InChI=1S/C16H15ClF3N3O2.HI/c17-13-4-2-1-3-12(13)14(24)9-22-15(21)23-10-5-7-11(8-6-10)25-16(18,19)20;/h1-8,14,24H,9H2,(H3,21,22,23);1H. The van der Waals surface area contributed by atoms with Crippen LogP contribution in [0.4, 0.5) is 18.9 Å². The zero-order valence-electron chi connectivity index (χ0n) is 13.2. The quantitative estimate of drug-likeness (QED) is 0.324. The van der Waals surface area contributed by atoms with Gasteiger partial charge in [-0.2, -0.15) is 0 Å². The fraction of sp³-hybridized carbons (Fsp3) is 0.188. The number of hydrogen-bond donors (Lipinski definition) is 3. The minimum Gasteiger partial charge on any atom is -0.406 e. The summed E-state index contributed by atoms with van der Waals surface area (Å²) < 4.78 is 40.0. The third-order valence-corrected chi connectivity index (χ3v) is 3.40.